The first-order valence-corrected chi connectivity index (χ1v) is 31.3. The van der Waals surface area contributed by atoms with Crippen molar-refractivity contribution in [3.8, 4) is 33.4 Å². The molecule has 0 N–H and O–H groups in total. The van der Waals surface area contributed by atoms with Crippen LogP contribution in [-0.2, 0) is 44.5 Å². The summed E-state index contributed by atoms with van der Waals surface area (Å²) in [6.45, 7) is 27.6. The smallest absolute Gasteiger partial charge is 0.0920 e. The van der Waals surface area contributed by atoms with Crippen LogP contribution in [0, 0.1) is 6.07 Å². The largest absolute Gasteiger partial charge is 0.184 e. The zero-order valence-electron chi connectivity index (χ0n) is 41.5. The van der Waals surface area contributed by atoms with Gasteiger partial charge in [-0.25, -0.2) is 0 Å². The van der Waals surface area contributed by atoms with Gasteiger partial charge in [-0.15, -0.1) is 74.6 Å². The molecule has 66 heavy (non-hydrogen) atoms. The minimum absolute atomic E-state index is 0.121. The molecule has 9 rings (SSSR count). The SMILES string of the molecule is CCCc1cc2c(-c3ccccc3C(C)C)c(C(C)(C)C)ccc2[cH-]1.CCCc1cc2c(-c3ccccc3C(C)C)c(C(C)(C)C)ccc2[cH-]1.[Cl][Zr][Cl].[c-]1cccc2c1[Si]c1ccccc1-2. The number of hydrogen-bond acceptors (Lipinski definition) is 0. The van der Waals surface area contributed by atoms with E-state index >= 15 is 0 Å². The van der Waals surface area contributed by atoms with Gasteiger partial charge in [-0.05, 0) is 57.8 Å². The van der Waals surface area contributed by atoms with Gasteiger partial charge in [-0.1, -0.05) is 202 Å². The Morgan fingerprint density at radius 3 is 1.38 bits per heavy atom. The minimum atomic E-state index is -0.826. The first-order valence-electron chi connectivity index (χ1n) is 24.0. The van der Waals surface area contributed by atoms with E-state index < -0.39 is 20.8 Å². The van der Waals surface area contributed by atoms with Crippen molar-refractivity contribution in [1.29, 1.82) is 0 Å². The number of halogens is 2. The number of rotatable bonds is 8. The molecular formula is C62H69Cl2SiZr-3. The monoisotopic (exact) mass is 1000 g/mol. The topological polar surface area (TPSA) is 0 Å². The van der Waals surface area contributed by atoms with Gasteiger partial charge in [-0.2, -0.15) is 41.6 Å². The average Bonchev–Trinajstić information content (AvgIpc) is 4.01. The Morgan fingerprint density at radius 1 is 0.545 bits per heavy atom. The van der Waals surface area contributed by atoms with Crippen LogP contribution in [0.4, 0.5) is 0 Å². The fourth-order valence-electron chi connectivity index (χ4n) is 9.57. The van der Waals surface area contributed by atoms with Crippen LogP contribution >= 0.6 is 17.0 Å². The van der Waals surface area contributed by atoms with E-state index in [1.807, 2.05) is 6.07 Å². The van der Waals surface area contributed by atoms with Crippen molar-refractivity contribution in [2.75, 3.05) is 0 Å². The molecule has 0 saturated carbocycles. The molecular weight excluding hydrogens is 935 g/mol. The summed E-state index contributed by atoms with van der Waals surface area (Å²) in [4.78, 5) is 0. The molecule has 2 radical (unpaired) electrons. The quantitative estimate of drug-likeness (QED) is 0.105. The van der Waals surface area contributed by atoms with Gasteiger partial charge in [0.25, 0.3) is 0 Å². The maximum absolute atomic E-state index is 4.93. The maximum Gasteiger partial charge on any atom is 0.0920 e. The van der Waals surface area contributed by atoms with Gasteiger partial charge in [0, 0.05) is 0 Å². The molecule has 0 amide bonds. The molecule has 0 spiro atoms. The maximum atomic E-state index is 4.93. The van der Waals surface area contributed by atoms with Gasteiger partial charge in [0.05, 0.1) is 9.52 Å². The standard InChI is InChI=1S/2C25H31.C12H7Si.2ClH.Zr/c2*1-7-10-18-15-19-13-14-23(25(4,5)6)24(22(19)16-18)21-12-9-8-11-20(21)17(2)3;1-3-7-11-9(5-1)10-6-2-4-8-12(10)13-11;;;/h2*8-9,11-17H,7,10H2,1-6H3;1-7H;2*1H;/q3*-1;;;+2/p-2. The summed E-state index contributed by atoms with van der Waals surface area (Å²) in [5.74, 6) is 1.04. The van der Waals surface area contributed by atoms with Gasteiger partial charge in [0.2, 0.25) is 0 Å². The van der Waals surface area contributed by atoms with Gasteiger partial charge in [0.1, 0.15) is 0 Å². The number of hydrogen-bond donors (Lipinski definition) is 0. The zero-order chi connectivity index (χ0) is 47.8. The van der Waals surface area contributed by atoms with Crippen molar-refractivity contribution in [2.24, 2.45) is 0 Å². The van der Waals surface area contributed by atoms with Gasteiger partial charge < -0.3 is 0 Å². The van der Waals surface area contributed by atoms with Crippen LogP contribution in [0.15, 0.2) is 140 Å². The average molecular weight is 1000 g/mol. The van der Waals surface area contributed by atoms with Crippen LogP contribution < -0.4 is 10.4 Å². The van der Waals surface area contributed by atoms with E-state index in [1.165, 1.54) is 112 Å². The Bertz CT molecular complexity index is 2650. The Balaban J connectivity index is 0.000000166. The molecule has 0 unspecified atom stereocenters. The molecule has 8 aromatic rings. The van der Waals surface area contributed by atoms with Gasteiger partial charge in [-0.3, -0.25) is 0 Å². The minimum Gasteiger partial charge on any atom is -0.184 e. The summed E-state index contributed by atoms with van der Waals surface area (Å²) in [5, 5.41) is 8.42. The third kappa shape index (κ3) is 12.1. The fraction of sp³-hybridized carbons (Fsp3) is 0.323. The fourth-order valence-corrected chi connectivity index (χ4v) is 10.9. The molecule has 342 valence electrons. The first kappa shape index (κ1) is 51.6. The Morgan fingerprint density at radius 2 is 0.955 bits per heavy atom. The summed E-state index contributed by atoms with van der Waals surface area (Å²) < 4.78 is 0. The Kier molecular flexibility index (Phi) is 18.0. The van der Waals surface area contributed by atoms with E-state index in [0.717, 1.165) is 22.4 Å². The molecule has 0 aromatic heterocycles. The number of fused-ring (bicyclic) bond motifs is 5. The van der Waals surface area contributed by atoms with Crippen molar-refractivity contribution in [1.82, 2.24) is 0 Å². The van der Waals surface area contributed by atoms with Crippen LogP contribution in [0.3, 0.4) is 0 Å². The summed E-state index contributed by atoms with van der Waals surface area (Å²) in [6, 6.07) is 55.0. The number of aryl methyl sites for hydroxylation is 2. The van der Waals surface area contributed by atoms with Crippen molar-refractivity contribution < 1.29 is 20.8 Å². The molecule has 8 aromatic carbocycles. The second-order valence-electron chi connectivity index (χ2n) is 20.4. The Hall–Kier alpha value is -3.78. The van der Waals surface area contributed by atoms with Crippen molar-refractivity contribution in [3.05, 3.63) is 179 Å². The van der Waals surface area contributed by atoms with Crippen LogP contribution in [0.25, 0.3) is 54.9 Å². The molecule has 1 heterocycles. The van der Waals surface area contributed by atoms with E-state index in [4.69, 9.17) is 17.0 Å². The third-order valence-electron chi connectivity index (χ3n) is 12.6. The van der Waals surface area contributed by atoms with Crippen LogP contribution in [0.1, 0.15) is 141 Å². The predicted octanol–water partition coefficient (Wildman–Crippen LogP) is 17.7. The molecule has 0 bridgehead atoms. The van der Waals surface area contributed by atoms with Crippen LogP contribution in [0.2, 0.25) is 0 Å². The zero-order valence-corrected chi connectivity index (χ0v) is 46.5. The van der Waals surface area contributed by atoms with Crippen molar-refractivity contribution >= 4 is 58.5 Å². The van der Waals surface area contributed by atoms with Gasteiger partial charge >= 0.3 is 37.9 Å². The van der Waals surface area contributed by atoms with E-state index in [0.29, 0.717) is 11.8 Å². The number of benzene rings is 6. The van der Waals surface area contributed by atoms with Crippen LogP contribution in [-0.4, -0.2) is 9.52 Å². The molecule has 0 saturated heterocycles. The van der Waals surface area contributed by atoms with E-state index in [-0.39, 0.29) is 10.8 Å². The second-order valence-corrected chi connectivity index (χ2v) is 25.4. The molecule has 1 aliphatic heterocycles. The summed E-state index contributed by atoms with van der Waals surface area (Å²) >= 11 is -0.826. The normalized spacial score (nSPS) is 11.9. The first-order chi connectivity index (χ1) is 31.5. The van der Waals surface area contributed by atoms with Crippen molar-refractivity contribution in [3.63, 3.8) is 0 Å². The molecule has 0 atom stereocenters. The van der Waals surface area contributed by atoms with E-state index in [9.17, 15) is 0 Å². The summed E-state index contributed by atoms with van der Waals surface area (Å²) in [5.41, 5.74) is 17.4. The third-order valence-corrected chi connectivity index (χ3v) is 14.0. The molecule has 0 nitrogen and oxygen atoms in total. The molecule has 4 heteroatoms. The van der Waals surface area contributed by atoms with Crippen molar-refractivity contribution in [2.45, 2.75) is 131 Å². The summed E-state index contributed by atoms with van der Waals surface area (Å²) in [7, 11) is 10.7. The Labute approximate surface area is 419 Å². The molecule has 0 fully saturated rings. The van der Waals surface area contributed by atoms with E-state index in [2.05, 4.69) is 223 Å². The van der Waals surface area contributed by atoms with Gasteiger partial charge in [0.15, 0.2) is 0 Å². The van der Waals surface area contributed by atoms with Crippen LogP contribution in [0.5, 0.6) is 0 Å². The molecule has 0 aliphatic carbocycles. The van der Waals surface area contributed by atoms with E-state index in [1.54, 1.807) is 0 Å². The molecule has 1 aliphatic rings. The predicted molar refractivity (Wildman–Crippen MR) is 291 cm³/mol. The second kappa shape index (κ2) is 23.0. The summed E-state index contributed by atoms with van der Waals surface area (Å²) in [6.07, 6.45) is 4.70.